The molecular formula is C13H21N5O3S. The number of anilines is 1. The van der Waals surface area contributed by atoms with Gasteiger partial charge in [0.15, 0.2) is 5.03 Å². The molecule has 0 spiro atoms. The lowest BCUT2D eigenvalue weighted by molar-refractivity contribution is 0.498. The minimum absolute atomic E-state index is 0.0630. The van der Waals surface area contributed by atoms with E-state index in [-0.39, 0.29) is 17.0 Å². The number of rotatable bonds is 7. The van der Waals surface area contributed by atoms with Crippen LogP contribution in [0.3, 0.4) is 0 Å². The van der Waals surface area contributed by atoms with E-state index in [4.69, 9.17) is 4.42 Å². The van der Waals surface area contributed by atoms with Crippen LogP contribution in [0.25, 0.3) is 0 Å². The van der Waals surface area contributed by atoms with Gasteiger partial charge in [-0.15, -0.1) is 5.10 Å². The molecule has 0 aromatic carbocycles. The molecule has 0 saturated carbocycles. The predicted molar refractivity (Wildman–Crippen MR) is 81.0 cm³/mol. The van der Waals surface area contributed by atoms with E-state index in [2.05, 4.69) is 19.9 Å². The second kappa shape index (κ2) is 6.47. The van der Waals surface area contributed by atoms with Crippen molar-refractivity contribution in [3.8, 4) is 0 Å². The summed E-state index contributed by atoms with van der Waals surface area (Å²) in [7, 11) is -2.07. The number of aryl methyl sites for hydroxylation is 2. The van der Waals surface area contributed by atoms with Crippen LogP contribution in [-0.2, 0) is 23.5 Å². The smallest absolute Gasteiger partial charge is 0.329 e. The maximum absolute atomic E-state index is 12.3. The Balaban J connectivity index is 2.17. The Morgan fingerprint density at radius 2 is 2.09 bits per heavy atom. The molecule has 0 aliphatic heterocycles. The van der Waals surface area contributed by atoms with Gasteiger partial charge in [0, 0.05) is 25.6 Å². The van der Waals surface area contributed by atoms with E-state index in [0.717, 1.165) is 12.8 Å². The van der Waals surface area contributed by atoms with Crippen LogP contribution in [0.15, 0.2) is 15.6 Å². The Morgan fingerprint density at radius 3 is 2.68 bits per heavy atom. The molecule has 0 saturated heterocycles. The van der Waals surface area contributed by atoms with Gasteiger partial charge in [-0.2, -0.15) is 8.42 Å². The SMILES string of the molecule is CCCCc1nnc(NS(=O)(=O)c2cn(C)c(C(C)C)n2)o1. The number of imidazole rings is 1. The van der Waals surface area contributed by atoms with Gasteiger partial charge in [0.25, 0.3) is 10.0 Å². The molecule has 2 rings (SSSR count). The number of hydrogen-bond donors (Lipinski definition) is 1. The summed E-state index contributed by atoms with van der Waals surface area (Å²) in [5, 5.41) is 7.45. The van der Waals surface area contributed by atoms with Crippen molar-refractivity contribution in [3.63, 3.8) is 0 Å². The molecule has 2 aromatic rings. The van der Waals surface area contributed by atoms with Gasteiger partial charge in [-0.25, -0.2) is 9.71 Å². The summed E-state index contributed by atoms with van der Waals surface area (Å²) in [5.41, 5.74) is 0. The maximum atomic E-state index is 12.3. The highest BCUT2D eigenvalue weighted by molar-refractivity contribution is 7.92. The minimum Gasteiger partial charge on any atom is -0.407 e. The number of hydrogen-bond acceptors (Lipinski definition) is 6. The van der Waals surface area contributed by atoms with E-state index in [1.165, 1.54) is 6.20 Å². The molecule has 2 heterocycles. The van der Waals surface area contributed by atoms with Crippen molar-refractivity contribution in [2.75, 3.05) is 4.72 Å². The van der Waals surface area contributed by atoms with E-state index in [1.54, 1.807) is 11.6 Å². The average molecular weight is 327 g/mol. The summed E-state index contributed by atoms with van der Waals surface area (Å²) in [6.45, 7) is 5.95. The Bertz CT molecular complexity index is 733. The summed E-state index contributed by atoms with van der Waals surface area (Å²) in [6.07, 6.45) is 4.00. The molecule has 122 valence electrons. The van der Waals surface area contributed by atoms with Crippen LogP contribution in [0.5, 0.6) is 0 Å². The fraction of sp³-hybridized carbons (Fsp3) is 0.615. The first-order valence-electron chi connectivity index (χ1n) is 7.22. The van der Waals surface area contributed by atoms with Gasteiger partial charge in [-0.05, 0) is 6.42 Å². The molecule has 0 bridgehead atoms. The van der Waals surface area contributed by atoms with E-state index in [9.17, 15) is 8.42 Å². The second-order valence-corrected chi connectivity index (χ2v) is 7.04. The first kappa shape index (κ1) is 16.5. The summed E-state index contributed by atoms with van der Waals surface area (Å²) in [5.74, 6) is 1.23. The molecule has 0 aliphatic carbocycles. The van der Waals surface area contributed by atoms with Crippen LogP contribution in [0.2, 0.25) is 0 Å². The zero-order chi connectivity index (χ0) is 16.3. The molecule has 8 nitrogen and oxygen atoms in total. The maximum Gasteiger partial charge on any atom is 0.329 e. The Hall–Kier alpha value is -1.90. The summed E-state index contributed by atoms with van der Waals surface area (Å²) in [6, 6.07) is -0.136. The van der Waals surface area contributed by atoms with Gasteiger partial charge >= 0.3 is 6.01 Å². The number of nitrogens with one attached hydrogen (secondary N) is 1. The molecule has 0 atom stereocenters. The van der Waals surface area contributed by atoms with Gasteiger partial charge in [0.05, 0.1) is 0 Å². The van der Waals surface area contributed by atoms with Crippen molar-refractivity contribution in [2.45, 2.75) is 51.0 Å². The molecule has 0 fully saturated rings. The molecule has 0 amide bonds. The minimum atomic E-state index is -3.83. The van der Waals surface area contributed by atoms with E-state index in [0.29, 0.717) is 18.1 Å². The summed E-state index contributed by atoms with van der Waals surface area (Å²) >= 11 is 0. The van der Waals surface area contributed by atoms with Crippen molar-refractivity contribution in [3.05, 3.63) is 17.9 Å². The highest BCUT2D eigenvalue weighted by Crippen LogP contribution is 2.18. The molecule has 1 N–H and O–H groups in total. The molecule has 0 aliphatic rings. The Morgan fingerprint density at radius 1 is 1.36 bits per heavy atom. The van der Waals surface area contributed by atoms with Gasteiger partial charge < -0.3 is 8.98 Å². The fourth-order valence-corrected chi connectivity index (χ4v) is 2.94. The van der Waals surface area contributed by atoms with Crippen LogP contribution < -0.4 is 4.72 Å². The fourth-order valence-electron chi connectivity index (χ4n) is 2.01. The quantitative estimate of drug-likeness (QED) is 0.835. The average Bonchev–Trinajstić information content (AvgIpc) is 3.03. The van der Waals surface area contributed by atoms with Gasteiger partial charge in [0.2, 0.25) is 5.89 Å². The summed E-state index contributed by atoms with van der Waals surface area (Å²) < 4.78 is 33.8. The van der Waals surface area contributed by atoms with Crippen LogP contribution in [0.1, 0.15) is 51.2 Å². The summed E-state index contributed by atoms with van der Waals surface area (Å²) in [4.78, 5) is 4.16. The second-order valence-electron chi connectivity index (χ2n) is 5.41. The third-order valence-electron chi connectivity index (χ3n) is 3.11. The van der Waals surface area contributed by atoms with Gasteiger partial charge in [0.1, 0.15) is 5.82 Å². The molecule has 2 aromatic heterocycles. The lowest BCUT2D eigenvalue weighted by Gasteiger charge is -2.02. The largest absolute Gasteiger partial charge is 0.407 e. The predicted octanol–water partition coefficient (Wildman–Crippen LogP) is 2.07. The van der Waals surface area contributed by atoms with Crippen LogP contribution >= 0.6 is 0 Å². The zero-order valence-corrected chi connectivity index (χ0v) is 14.0. The highest BCUT2D eigenvalue weighted by Gasteiger charge is 2.23. The Kier molecular flexibility index (Phi) is 4.84. The van der Waals surface area contributed by atoms with E-state index >= 15 is 0 Å². The third-order valence-corrected chi connectivity index (χ3v) is 4.31. The molecule has 9 heteroatoms. The lowest BCUT2D eigenvalue weighted by atomic mass is 10.2. The standard InChI is InChI=1S/C13H21N5O3S/c1-5-6-7-10-15-16-13(21-10)17-22(19,20)11-8-18(4)12(14-11)9(2)3/h8-9H,5-7H2,1-4H3,(H,16,17). The van der Waals surface area contributed by atoms with Crippen molar-refractivity contribution in [1.29, 1.82) is 0 Å². The highest BCUT2D eigenvalue weighted by atomic mass is 32.2. The van der Waals surface area contributed by atoms with Crippen LogP contribution in [0, 0.1) is 0 Å². The van der Waals surface area contributed by atoms with Crippen molar-refractivity contribution in [1.82, 2.24) is 19.7 Å². The van der Waals surface area contributed by atoms with Crippen LogP contribution in [-0.4, -0.2) is 28.2 Å². The first-order chi connectivity index (χ1) is 10.3. The zero-order valence-electron chi connectivity index (χ0n) is 13.2. The van der Waals surface area contributed by atoms with Gasteiger partial charge in [-0.3, -0.25) is 0 Å². The molecular weight excluding hydrogens is 306 g/mol. The normalized spacial score (nSPS) is 12.0. The number of sulfonamides is 1. The van der Waals surface area contributed by atoms with Gasteiger partial charge in [-0.1, -0.05) is 32.3 Å². The first-order valence-corrected chi connectivity index (χ1v) is 8.70. The van der Waals surface area contributed by atoms with Crippen molar-refractivity contribution >= 4 is 16.0 Å². The van der Waals surface area contributed by atoms with Crippen molar-refractivity contribution in [2.24, 2.45) is 7.05 Å². The molecule has 22 heavy (non-hydrogen) atoms. The van der Waals surface area contributed by atoms with E-state index < -0.39 is 10.0 Å². The topological polar surface area (TPSA) is 103 Å². The molecule has 0 unspecified atom stereocenters. The Labute approximate surface area is 130 Å². The number of unbranched alkanes of at least 4 members (excludes halogenated alkanes) is 1. The monoisotopic (exact) mass is 327 g/mol. The van der Waals surface area contributed by atoms with Crippen LogP contribution in [0.4, 0.5) is 6.01 Å². The molecule has 0 radical (unpaired) electrons. The lowest BCUT2D eigenvalue weighted by Crippen LogP contribution is -2.13. The van der Waals surface area contributed by atoms with Crippen molar-refractivity contribution < 1.29 is 12.8 Å². The number of nitrogens with zero attached hydrogens (tertiary/aromatic N) is 4. The number of aromatic nitrogens is 4. The third kappa shape index (κ3) is 3.65. The van der Waals surface area contributed by atoms with E-state index in [1.807, 2.05) is 20.8 Å².